The molecule has 0 saturated carbocycles. The lowest BCUT2D eigenvalue weighted by Crippen LogP contribution is -2.31. The summed E-state index contributed by atoms with van der Waals surface area (Å²) in [4.78, 5) is 41.0. The number of aliphatic hydroxyl groups is 1. The molecule has 0 fully saturated rings. The maximum Gasteiger partial charge on any atom is 0.272 e. The normalized spacial score (nSPS) is 13.8. The maximum atomic E-state index is 13.3. The van der Waals surface area contributed by atoms with Gasteiger partial charge in [0.2, 0.25) is 5.91 Å². The number of carbonyl (C=O) groups excluding carboxylic acids is 3. The molecular weight excluding hydrogens is 402 g/mol. The number of anilines is 3. The quantitative estimate of drug-likeness (QED) is 0.663. The molecule has 0 aromatic heterocycles. The summed E-state index contributed by atoms with van der Waals surface area (Å²) in [7, 11) is 3.82. The van der Waals surface area contributed by atoms with Gasteiger partial charge in [-0.3, -0.25) is 14.4 Å². The number of benzene rings is 2. The van der Waals surface area contributed by atoms with Gasteiger partial charge in [0.05, 0.1) is 22.8 Å². The Labute approximate surface area is 179 Å². The van der Waals surface area contributed by atoms with Crippen LogP contribution in [0.5, 0.6) is 0 Å². The van der Waals surface area contributed by atoms with Gasteiger partial charge in [0.25, 0.3) is 11.8 Å². The highest BCUT2D eigenvalue weighted by molar-refractivity contribution is 8.04. The minimum atomic E-state index is -0.412. The average molecular weight is 426 g/mol. The van der Waals surface area contributed by atoms with Crippen molar-refractivity contribution in [3.63, 3.8) is 0 Å². The molecule has 0 saturated heterocycles. The summed E-state index contributed by atoms with van der Waals surface area (Å²) < 4.78 is 0. The number of thioether (sulfide) groups is 1. The van der Waals surface area contributed by atoms with Crippen LogP contribution in [0.25, 0.3) is 5.57 Å². The zero-order valence-electron chi connectivity index (χ0n) is 17.0. The number of nitrogens with one attached hydrogen (secondary N) is 1. The van der Waals surface area contributed by atoms with E-state index in [0.29, 0.717) is 33.2 Å². The van der Waals surface area contributed by atoms with Crippen LogP contribution in [0.15, 0.2) is 53.4 Å². The maximum absolute atomic E-state index is 13.3. The van der Waals surface area contributed by atoms with Gasteiger partial charge in [0.1, 0.15) is 0 Å². The summed E-state index contributed by atoms with van der Waals surface area (Å²) in [6, 6.07) is 13.9. The summed E-state index contributed by atoms with van der Waals surface area (Å²) in [5.41, 5.74) is 2.92. The number of carbonyl (C=O) groups is 3. The van der Waals surface area contributed by atoms with Gasteiger partial charge in [-0.05, 0) is 42.0 Å². The second kappa shape index (κ2) is 9.15. The van der Waals surface area contributed by atoms with Crippen molar-refractivity contribution >= 4 is 52.1 Å². The standard InChI is InChI=1S/C22H23N3O4S/c1-14(27)23-16-6-4-15(5-7-16)19-20(30-13-12-26)22(29)25(21(19)28)18-10-8-17(9-11-18)24(2)3/h4-11,26H,12-13H2,1-3H3,(H,23,27). The zero-order valence-corrected chi connectivity index (χ0v) is 17.8. The Morgan fingerprint density at radius 1 is 1.03 bits per heavy atom. The molecule has 1 aliphatic rings. The fourth-order valence-corrected chi connectivity index (χ4v) is 3.96. The molecule has 2 aromatic rings. The van der Waals surface area contributed by atoms with E-state index in [4.69, 9.17) is 0 Å². The lowest BCUT2D eigenvalue weighted by molar-refractivity contribution is -0.120. The van der Waals surface area contributed by atoms with E-state index in [1.807, 2.05) is 31.1 Å². The third kappa shape index (κ3) is 4.39. The summed E-state index contributed by atoms with van der Waals surface area (Å²) in [6.45, 7) is 1.31. The largest absolute Gasteiger partial charge is 0.396 e. The molecule has 0 radical (unpaired) electrons. The predicted octanol–water partition coefficient (Wildman–Crippen LogP) is 2.72. The first kappa shape index (κ1) is 21.6. The van der Waals surface area contributed by atoms with Crippen LogP contribution < -0.4 is 15.1 Å². The predicted molar refractivity (Wildman–Crippen MR) is 120 cm³/mol. The van der Waals surface area contributed by atoms with Crippen LogP contribution in [-0.2, 0) is 14.4 Å². The van der Waals surface area contributed by atoms with Gasteiger partial charge in [-0.2, -0.15) is 0 Å². The summed E-state index contributed by atoms with van der Waals surface area (Å²) in [5, 5.41) is 11.9. The van der Waals surface area contributed by atoms with E-state index in [1.54, 1.807) is 36.4 Å². The monoisotopic (exact) mass is 425 g/mol. The first-order valence-electron chi connectivity index (χ1n) is 9.35. The number of hydrogen-bond donors (Lipinski definition) is 2. The van der Waals surface area contributed by atoms with E-state index >= 15 is 0 Å². The summed E-state index contributed by atoms with van der Waals surface area (Å²) in [6.07, 6.45) is 0. The second-order valence-corrected chi connectivity index (χ2v) is 8.00. The van der Waals surface area contributed by atoms with Crippen molar-refractivity contribution in [2.24, 2.45) is 0 Å². The highest BCUT2D eigenvalue weighted by Gasteiger charge is 2.40. The number of nitrogens with zero attached hydrogens (tertiary/aromatic N) is 2. The minimum Gasteiger partial charge on any atom is -0.396 e. The second-order valence-electron chi connectivity index (χ2n) is 6.89. The van der Waals surface area contributed by atoms with Gasteiger partial charge in [0, 0.05) is 38.1 Å². The van der Waals surface area contributed by atoms with E-state index in [1.165, 1.54) is 6.92 Å². The number of hydrogen-bond acceptors (Lipinski definition) is 6. The van der Waals surface area contributed by atoms with Crippen molar-refractivity contribution in [3.8, 4) is 0 Å². The molecule has 3 rings (SSSR count). The molecule has 0 atom stereocenters. The molecule has 7 nitrogen and oxygen atoms in total. The molecule has 156 valence electrons. The number of rotatable bonds is 7. The number of amides is 3. The molecule has 30 heavy (non-hydrogen) atoms. The molecule has 8 heteroatoms. The van der Waals surface area contributed by atoms with E-state index in [-0.39, 0.29) is 12.5 Å². The Bertz CT molecular complexity index is 998. The van der Waals surface area contributed by atoms with E-state index in [9.17, 15) is 19.5 Å². The molecule has 2 aromatic carbocycles. The molecular formula is C22H23N3O4S. The molecule has 0 bridgehead atoms. The van der Waals surface area contributed by atoms with Crippen molar-refractivity contribution in [3.05, 3.63) is 59.0 Å². The number of imide groups is 1. The van der Waals surface area contributed by atoms with Crippen molar-refractivity contribution in [2.75, 3.05) is 41.6 Å². The van der Waals surface area contributed by atoms with Crippen LogP contribution in [0.3, 0.4) is 0 Å². The number of aliphatic hydroxyl groups excluding tert-OH is 1. The first-order chi connectivity index (χ1) is 14.3. The van der Waals surface area contributed by atoms with Gasteiger partial charge < -0.3 is 15.3 Å². The van der Waals surface area contributed by atoms with E-state index in [0.717, 1.165) is 22.3 Å². The Hall–Kier alpha value is -3.10. The molecule has 0 spiro atoms. The highest BCUT2D eigenvalue weighted by atomic mass is 32.2. The van der Waals surface area contributed by atoms with Crippen LogP contribution in [0.2, 0.25) is 0 Å². The van der Waals surface area contributed by atoms with Crippen LogP contribution >= 0.6 is 11.8 Å². The smallest absolute Gasteiger partial charge is 0.272 e. The fraction of sp³-hybridized carbons (Fsp3) is 0.227. The van der Waals surface area contributed by atoms with Gasteiger partial charge in [-0.25, -0.2) is 4.90 Å². The molecule has 0 aliphatic carbocycles. The lowest BCUT2D eigenvalue weighted by atomic mass is 10.1. The van der Waals surface area contributed by atoms with Gasteiger partial charge in [0.15, 0.2) is 0 Å². The molecule has 1 heterocycles. The van der Waals surface area contributed by atoms with E-state index < -0.39 is 11.8 Å². The molecule has 0 unspecified atom stereocenters. The SMILES string of the molecule is CC(=O)Nc1ccc(C2=C(SCCO)C(=O)N(c3ccc(N(C)C)cc3)C2=O)cc1. The molecule has 2 N–H and O–H groups in total. The fourth-order valence-electron chi connectivity index (χ4n) is 3.10. The Morgan fingerprint density at radius 2 is 1.67 bits per heavy atom. The third-order valence-corrected chi connectivity index (χ3v) is 5.55. The molecule has 1 aliphatic heterocycles. The average Bonchev–Trinajstić information content (AvgIpc) is 2.96. The third-order valence-electron chi connectivity index (χ3n) is 4.50. The van der Waals surface area contributed by atoms with Crippen molar-refractivity contribution < 1.29 is 19.5 Å². The molecule has 3 amide bonds. The Morgan fingerprint density at radius 3 is 2.20 bits per heavy atom. The van der Waals surface area contributed by atoms with Gasteiger partial charge >= 0.3 is 0 Å². The Balaban J connectivity index is 1.98. The van der Waals surface area contributed by atoms with Gasteiger partial charge in [-0.15, -0.1) is 11.8 Å². The summed E-state index contributed by atoms with van der Waals surface area (Å²) >= 11 is 1.16. The van der Waals surface area contributed by atoms with E-state index in [2.05, 4.69) is 5.32 Å². The van der Waals surface area contributed by atoms with Crippen LogP contribution in [0, 0.1) is 0 Å². The van der Waals surface area contributed by atoms with Crippen LogP contribution in [-0.4, -0.2) is 49.3 Å². The minimum absolute atomic E-state index is 0.109. The summed E-state index contributed by atoms with van der Waals surface area (Å²) in [5.74, 6) is -0.710. The Kier molecular flexibility index (Phi) is 6.59. The topological polar surface area (TPSA) is 89.9 Å². The van der Waals surface area contributed by atoms with Crippen molar-refractivity contribution in [2.45, 2.75) is 6.92 Å². The zero-order chi connectivity index (χ0) is 21.8. The van der Waals surface area contributed by atoms with Crippen LogP contribution in [0.1, 0.15) is 12.5 Å². The first-order valence-corrected chi connectivity index (χ1v) is 10.3. The van der Waals surface area contributed by atoms with Crippen molar-refractivity contribution in [1.82, 2.24) is 0 Å². The highest BCUT2D eigenvalue weighted by Crippen LogP contribution is 2.38. The van der Waals surface area contributed by atoms with Crippen molar-refractivity contribution in [1.29, 1.82) is 0 Å². The lowest BCUT2D eigenvalue weighted by Gasteiger charge is -2.18. The van der Waals surface area contributed by atoms with Gasteiger partial charge in [-0.1, -0.05) is 12.1 Å². The van der Waals surface area contributed by atoms with Crippen LogP contribution in [0.4, 0.5) is 17.1 Å².